The Labute approximate surface area is 168 Å². The molecule has 0 aromatic heterocycles. The first kappa shape index (κ1) is 20.6. The molecule has 2 aliphatic rings. The summed E-state index contributed by atoms with van der Waals surface area (Å²) in [6.07, 6.45) is 5.25. The highest BCUT2D eigenvalue weighted by atomic mass is 16.6. The van der Waals surface area contributed by atoms with Gasteiger partial charge in [-0.3, -0.25) is 4.79 Å². The molecule has 0 saturated heterocycles. The second-order valence-corrected chi connectivity index (χ2v) is 9.26. The Morgan fingerprint density at radius 2 is 1.79 bits per heavy atom. The van der Waals surface area contributed by atoms with Crippen LogP contribution in [-0.2, 0) is 25.5 Å². The average molecular weight is 385 g/mol. The Morgan fingerprint density at radius 1 is 1.14 bits per heavy atom. The van der Waals surface area contributed by atoms with Gasteiger partial charge < -0.3 is 9.47 Å². The SMILES string of the molecule is CCc1cc(C)cc(C)c1C1=C(OC(=O)C(C)(C)C)C2(CCCCC2)OC1=O. The molecular weight excluding hydrogens is 352 g/mol. The third kappa shape index (κ3) is 3.61. The van der Waals surface area contributed by atoms with Crippen LogP contribution in [0.1, 0.15) is 82.1 Å². The van der Waals surface area contributed by atoms with E-state index in [0.29, 0.717) is 24.2 Å². The highest BCUT2D eigenvalue weighted by Gasteiger charge is 2.52. The predicted molar refractivity (Wildman–Crippen MR) is 110 cm³/mol. The van der Waals surface area contributed by atoms with Gasteiger partial charge in [0.15, 0.2) is 11.4 Å². The van der Waals surface area contributed by atoms with Gasteiger partial charge in [-0.2, -0.15) is 0 Å². The van der Waals surface area contributed by atoms with Crippen LogP contribution in [0.25, 0.3) is 5.57 Å². The van der Waals surface area contributed by atoms with Crippen LogP contribution >= 0.6 is 0 Å². The fraction of sp³-hybridized carbons (Fsp3) is 0.583. The number of ether oxygens (including phenoxy) is 2. The van der Waals surface area contributed by atoms with Gasteiger partial charge in [-0.1, -0.05) is 31.0 Å². The zero-order chi connectivity index (χ0) is 20.7. The fourth-order valence-electron chi connectivity index (χ4n) is 4.34. The molecule has 1 fully saturated rings. The van der Waals surface area contributed by atoms with Gasteiger partial charge in [0, 0.05) is 0 Å². The summed E-state index contributed by atoms with van der Waals surface area (Å²) in [5.74, 6) is -0.245. The molecular formula is C24H32O4. The van der Waals surface area contributed by atoms with E-state index in [2.05, 4.69) is 26.0 Å². The summed E-state index contributed by atoms with van der Waals surface area (Å²) >= 11 is 0. The van der Waals surface area contributed by atoms with Gasteiger partial charge >= 0.3 is 11.9 Å². The molecule has 3 rings (SSSR count). The van der Waals surface area contributed by atoms with Crippen molar-refractivity contribution in [3.8, 4) is 0 Å². The minimum Gasteiger partial charge on any atom is -0.447 e. The van der Waals surface area contributed by atoms with Crippen molar-refractivity contribution in [2.24, 2.45) is 5.41 Å². The molecule has 1 spiro atoms. The van der Waals surface area contributed by atoms with Crippen molar-refractivity contribution in [3.05, 3.63) is 40.1 Å². The van der Waals surface area contributed by atoms with Crippen LogP contribution in [0.3, 0.4) is 0 Å². The van der Waals surface area contributed by atoms with Crippen molar-refractivity contribution in [1.82, 2.24) is 0 Å². The van der Waals surface area contributed by atoms with Gasteiger partial charge in [0.05, 0.1) is 5.41 Å². The molecule has 1 aliphatic carbocycles. The number of carbonyl (C=O) groups excluding carboxylic acids is 2. The molecule has 1 aromatic rings. The molecule has 28 heavy (non-hydrogen) atoms. The molecule has 4 heteroatoms. The van der Waals surface area contributed by atoms with Crippen LogP contribution in [0, 0.1) is 19.3 Å². The summed E-state index contributed by atoms with van der Waals surface area (Å²) in [6.45, 7) is 11.6. The monoisotopic (exact) mass is 384 g/mol. The number of hydrogen-bond acceptors (Lipinski definition) is 4. The van der Waals surface area contributed by atoms with Crippen LogP contribution in [0.5, 0.6) is 0 Å². The Kier molecular flexibility index (Phi) is 5.44. The third-order valence-corrected chi connectivity index (χ3v) is 5.79. The van der Waals surface area contributed by atoms with Crippen LogP contribution in [-0.4, -0.2) is 17.5 Å². The van der Waals surface area contributed by atoms with Crippen LogP contribution in [0.2, 0.25) is 0 Å². The number of aryl methyl sites for hydroxylation is 3. The normalized spacial score (nSPS) is 19.1. The van der Waals surface area contributed by atoms with Crippen molar-refractivity contribution >= 4 is 17.5 Å². The second-order valence-electron chi connectivity index (χ2n) is 9.26. The van der Waals surface area contributed by atoms with E-state index in [0.717, 1.165) is 47.9 Å². The molecule has 1 heterocycles. The Morgan fingerprint density at radius 3 is 2.36 bits per heavy atom. The smallest absolute Gasteiger partial charge is 0.343 e. The van der Waals surface area contributed by atoms with E-state index in [4.69, 9.17) is 9.47 Å². The van der Waals surface area contributed by atoms with E-state index < -0.39 is 11.0 Å². The van der Waals surface area contributed by atoms with Crippen molar-refractivity contribution in [2.45, 2.75) is 85.7 Å². The standard InChI is InChI=1S/C24H32O4/c1-7-17-14-15(2)13-16(3)18(17)19-20(27-22(26)23(4,5)6)24(28-21(19)25)11-9-8-10-12-24/h13-14H,7-12H2,1-6H3. The van der Waals surface area contributed by atoms with Crippen LogP contribution in [0.15, 0.2) is 17.9 Å². The summed E-state index contributed by atoms with van der Waals surface area (Å²) in [5.41, 5.74) is 3.13. The first-order chi connectivity index (χ1) is 13.1. The zero-order valence-corrected chi connectivity index (χ0v) is 18.0. The molecule has 1 saturated carbocycles. The predicted octanol–water partition coefficient (Wildman–Crippen LogP) is 5.43. The third-order valence-electron chi connectivity index (χ3n) is 5.79. The molecule has 1 aliphatic heterocycles. The number of benzene rings is 1. The number of hydrogen-bond donors (Lipinski definition) is 0. The molecule has 0 N–H and O–H groups in total. The maximum atomic E-state index is 13.1. The second kappa shape index (κ2) is 7.38. The van der Waals surface area contributed by atoms with E-state index in [1.165, 1.54) is 0 Å². The number of carbonyl (C=O) groups is 2. The lowest BCUT2D eigenvalue weighted by molar-refractivity contribution is -0.159. The summed E-state index contributed by atoms with van der Waals surface area (Å²) in [5, 5.41) is 0. The van der Waals surface area contributed by atoms with Gasteiger partial charge in [0.25, 0.3) is 0 Å². The summed E-state index contributed by atoms with van der Waals surface area (Å²) in [4.78, 5) is 25.9. The highest BCUT2D eigenvalue weighted by molar-refractivity contribution is 6.21. The van der Waals surface area contributed by atoms with Crippen LogP contribution in [0.4, 0.5) is 0 Å². The Hall–Kier alpha value is -2.10. The number of rotatable bonds is 3. The maximum Gasteiger partial charge on any atom is 0.343 e. The lowest BCUT2D eigenvalue weighted by atomic mass is 9.81. The quantitative estimate of drug-likeness (QED) is 0.653. The lowest BCUT2D eigenvalue weighted by Crippen LogP contribution is -2.37. The Bertz CT molecular complexity index is 833. The van der Waals surface area contributed by atoms with Gasteiger partial charge in [0.2, 0.25) is 0 Å². The van der Waals surface area contributed by atoms with Gasteiger partial charge in [-0.25, -0.2) is 4.79 Å². The van der Waals surface area contributed by atoms with Crippen molar-refractivity contribution in [1.29, 1.82) is 0 Å². The first-order valence-electron chi connectivity index (χ1n) is 10.4. The maximum absolute atomic E-state index is 13.1. The largest absolute Gasteiger partial charge is 0.447 e. The molecule has 152 valence electrons. The fourth-order valence-corrected chi connectivity index (χ4v) is 4.34. The molecule has 1 aromatic carbocycles. The Balaban J connectivity index is 2.23. The minimum absolute atomic E-state index is 0.328. The van der Waals surface area contributed by atoms with Gasteiger partial charge in [0.1, 0.15) is 5.57 Å². The van der Waals surface area contributed by atoms with Crippen molar-refractivity contribution in [2.75, 3.05) is 0 Å². The van der Waals surface area contributed by atoms with E-state index in [1.807, 2.05) is 27.7 Å². The van der Waals surface area contributed by atoms with Crippen molar-refractivity contribution < 1.29 is 19.1 Å². The zero-order valence-electron chi connectivity index (χ0n) is 18.0. The molecule has 0 unspecified atom stereocenters. The summed E-state index contributed by atoms with van der Waals surface area (Å²) in [7, 11) is 0. The minimum atomic E-state index is -0.798. The summed E-state index contributed by atoms with van der Waals surface area (Å²) < 4.78 is 12.0. The van der Waals surface area contributed by atoms with Crippen molar-refractivity contribution in [3.63, 3.8) is 0 Å². The van der Waals surface area contributed by atoms with Gasteiger partial charge in [-0.15, -0.1) is 0 Å². The average Bonchev–Trinajstić information content (AvgIpc) is 2.85. The molecule has 0 atom stereocenters. The summed E-state index contributed by atoms with van der Waals surface area (Å²) in [6, 6.07) is 4.18. The number of esters is 2. The lowest BCUT2D eigenvalue weighted by Gasteiger charge is -2.34. The van der Waals surface area contributed by atoms with E-state index >= 15 is 0 Å². The highest BCUT2D eigenvalue weighted by Crippen LogP contribution is 2.48. The molecule has 4 nitrogen and oxygen atoms in total. The van der Waals surface area contributed by atoms with E-state index in [1.54, 1.807) is 0 Å². The van der Waals surface area contributed by atoms with Crippen LogP contribution < -0.4 is 0 Å². The molecule has 0 radical (unpaired) electrons. The molecule has 0 amide bonds. The topological polar surface area (TPSA) is 52.6 Å². The first-order valence-corrected chi connectivity index (χ1v) is 10.4. The van der Waals surface area contributed by atoms with E-state index in [9.17, 15) is 9.59 Å². The van der Waals surface area contributed by atoms with E-state index in [-0.39, 0.29) is 11.9 Å². The molecule has 0 bridgehead atoms. The van der Waals surface area contributed by atoms with Gasteiger partial charge in [-0.05, 0) is 83.4 Å².